The fourth-order valence-electron chi connectivity index (χ4n) is 3.57. The molecule has 0 unspecified atom stereocenters. The van der Waals surface area contributed by atoms with Gasteiger partial charge >= 0.3 is 0 Å². The molecule has 0 bridgehead atoms. The van der Waals surface area contributed by atoms with E-state index in [9.17, 15) is 0 Å². The van der Waals surface area contributed by atoms with Crippen LogP contribution in [0, 0.1) is 0 Å². The number of fused-ring (bicyclic) bond motifs is 1. The Morgan fingerprint density at radius 2 is 1.56 bits per heavy atom. The van der Waals surface area contributed by atoms with Crippen molar-refractivity contribution in [2.24, 2.45) is 0 Å². The summed E-state index contributed by atoms with van der Waals surface area (Å²) in [4.78, 5) is 15.8. The zero-order valence-electron chi connectivity index (χ0n) is 19.0. The van der Waals surface area contributed by atoms with Gasteiger partial charge in [0.1, 0.15) is 5.69 Å². The molecule has 0 aliphatic heterocycles. The van der Waals surface area contributed by atoms with Crippen LogP contribution in [0.15, 0.2) is 41.8 Å². The molecular weight excluding hydrogens is 550 g/mol. The molecule has 0 aliphatic rings. The number of halogens is 4. The average Bonchev–Trinajstić information content (AvgIpc) is 3.49. The molecule has 0 aliphatic carbocycles. The normalized spacial score (nSPS) is 10.9. The number of anilines is 1. The first-order chi connectivity index (χ1) is 15.6. The van der Waals surface area contributed by atoms with Crippen LogP contribution in [0.25, 0.3) is 31.4 Å². The summed E-state index contributed by atoms with van der Waals surface area (Å²) in [7, 11) is 0. The minimum absolute atomic E-state index is 0. The molecule has 0 radical (unpaired) electrons. The quantitative estimate of drug-likeness (QED) is 0.191. The molecular formula is C24H28Cl4N4S2. The van der Waals surface area contributed by atoms with E-state index in [2.05, 4.69) is 53.7 Å². The summed E-state index contributed by atoms with van der Waals surface area (Å²) in [6.45, 7) is 8.58. The standard InChI is InChI=1S/C24H26Cl2N4S2.2ClH/c1-3-30(4-2)12-6-5-11-27-24-23(22-10-9-21(32-22)20-8-7-13-31-20)28-18-14-16(25)17(26)15-19(18)29-24;;/h7-10,13-15H,3-6,11-12H2,1-2H3,(H,27,29);2*1H. The fraction of sp³-hybridized carbons (Fsp3) is 0.333. The fourth-order valence-corrected chi connectivity index (χ4v) is 5.72. The van der Waals surface area contributed by atoms with Crippen molar-refractivity contribution in [3.8, 4) is 20.3 Å². The summed E-state index contributed by atoms with van der Waals surface area (Å²) in [5, 5.41) is 6.61. The van der Waals surface area contributed by atoms with Gasteiger partial charge < -0.3 is 10.2 Å². The number of rotatable bonds is 10. The highest BCUT2D eigenvalue weighted by atomic mass is 35.5. The summed E-state index contributed by atoms with van der Waals surface area (Å²) < 4.78 is 0. The predicted molar refractivity (Wildman–Crippen MR) is 156 cm³/mol. The smallest absolute Gasteiger partial charge is 0.154 e. The van der Waals surface area contributed by atoms with Gasteiger partial charge in [-0.15, -0.1) is 47.5 Å². The van der Waals surface area contributed by atoms with Gasteiger partial charge in [-0.2, -0.15) is 0 Å². The Balaban J connectivity index is 0.00000204. The van der Waals surface area contributed by atoms with Crippen molar-refractivity contribution in [1.82, 2.24) is 14.9 Å². The zero-order valence-corrected chi connectivity index (χ0v) is 23.8. The first-order valence-electron chi connectivity index (χ1n) is 10.9. The highest BCUT2D eigenvalue weighted by Crippen LogP contribution is 2.39. The van der Waals surface area contributed by atoms with Crippen molar-refractivity contribution < 1.29 is 0 Å². The topological polar surface area (TPSA) is 41.0 Å². The Hall–Kier alpha value is -1.12. The van der Waals surface area contributed by atoms with Crippen LogP contribution in [-0.2, 0) is 0 Å². The Morgan fingerprint density at radius 3 is 2.21 bits per heavy atom. The van der Waals surface area contributed by atoms with Crippen molar-refractivity contribution >= 4 is 87.5 Å². The number of unbranched alkanes of at least 4 members (excludes halogenated alkanes) is 1. The van der Waals surface area contributed by atoms with Gasteiger partial charge in [-0.1, -0.05) is 43.1 Å². The number of thiophene rings is 2. The molecule has 10 heteroatoms. The lowest BCUT2D eigenvalue weighted by Crippen LogP contribution is -2.24. The second-order valence-corrected chi connectivity index (χ2v) is 10.3. The number of benzene rings is 1. The van der Waals surface area contributed by atoms with Gasteiger partial charge in [0.15, 0.2) is 5.82 Å². The van der Waals surface area contributed by atoms with Crippen molar-refractivity contribution in [3.05, 3.63) is 51.8 Å². The van der Waals surface area contributed by atoms with Crippen LogP contribution in [0.5, 0.6) is 0 Å². The second kappa shape index (κ2) is 13.8. The van der Waals surface area contributed by atoms with Gasteiger partial charge in [-0.3, -0.25) is 0 Å². The van der Waals surface area contributed by atoms with Gasteiger partial charge in [0.05, 0.1) is 26.0 Å². The second-order valence-electron chi connectivity index (χ2n) is 7.48. The van der Waals surface area contributed by atoms with E-state index in [0.717, 1.165) is 66.4 Å². The summed E-state index contributed by atoms with van der Waals surface area (Å²) in [5.74, 6) is 0.790. The predicted octanol–water partition coefficient (Wildman–Crippen LogP) is 8.77. The summed E-state index contributed by atoms with van der Waals surface area (Å²) in [6, 6.07) is 12.1. The van der Waals surface area contributed by atoms with Crippen LogP contribution in [0.4, 0.5) is 5.82 Å². The number of hydrogen-bond donors (Lipinski definition) is 1. The highest BCUT2D eigenvalue weighted by molar-refractivity contribution is 7.23. The van der Waals surface area contributed by atoms with E-state index in [4.69, 9.17) is 33.2 Å². The van der Waals surface area contributed by atoms with Gasteiger partial charge in [0.2, 0.25) is 0 Å². The third-order valence-electron chi connectivity index (χ3n) is 5.40. The maximum atomic E-state index is 6.25. The highest BCUT2D eigenvalue weighted by Gasteiger charge is 2.15. The van der Waals surface area contributed by atoms with E-state index in [1.54, 1.807) is 34.8 Å². The lowest BCUT2D eigenvalue weighted by Gasteiger charge is -2.17. The maximum absolute atomic E-state index is 6.25. The van der Waals surface area contributed by atoms with Crippen LogP contribution >= 0.6 is 70.7 Å². The summed E-state index contributed by atoms with van der Waals surface area (Å²) in [5.41, 5.74) is 2.34. The third kappa shape index (κ3) is 6.97. The van der Waals surface area contributed by atoms with Gasteiger partial charge in [-0.25, -0.2) is 9.97 Å². The van der Waals surface area contributed by atoms with Crippen molar-refractivity contribution in [1.29, 1.82) is 0 Å². The van der Waals surface area contributed by atoms with Gasteiger partial charge in [0, 0.05) is 16.3 Å². The summed E-state index contributed by atoms with van der Waals surface area (Å²) >= 11 is 16.0. The molecule has 4 aromatic rings. The van der Waals surface area contributed by atoms with Crippen LogP contribution in [-0.4, -0.2) is 41.0 Å². The molecule has 4 nitrogen and oxygen atoms in total. The first-order valence-corrected chi connectivity index (χ1v) is 13.3. The molecule has 34 heavy (non-hydrogen) atoms. The molecule has 3 heterocycles. The van der Waals surface area contributed by atoms with Gasteiger partial charge in [-0.05, 0) is 68.2 Å². The SMILES string of the molecule is CCN(CC)CCCCNc1nc2cc(Cl)c(Cl)cc2nc1-c1ccc(-c2cccs2)s1.Cl.Cl. The van der Waals surface area contributed by atoms with Gasteiger partial charge in [0.25, 0.3) is 0 Å². The number of hydrogen-bond acceptors (Lipinski definition) is 6. The molecule has 184 valence electrons. The maximum Gasteiger partial charge on any atom is 0.154 e. The molecule has 0 fully saturated rings. The Morgan fingerprint density at radius 1 is 0.882 bits per heavy atom. The Kier molecular flexibility index (Phi) is 11.8. The van der Waals surface area contributed by atoms with Crippen LogP contribution < -0.4 is 5.32 Å². The lowest BCUT2D eigenvalue weighted by atomic mass is 10.2. The van der Waals surface area contributed by atoms with E-state index in [1.165, 1.54) is 9.75 Å². The largest absolute Gasteiger partial charge is 0.368 e. The number of nitrogens with zero attached hydrogens (tertiary/aromatic N) is 3. The van der Waals surface area contributed by atoms with Crippen molar-refractivity contribution in [3.63, 3.8) is 0 Å². The van der Waals surface area contributed by atoms with E-state index >= 15 is 0 Å². The molecule has 4 rings (SSSR count). The summed E-state index contributed by atoms with van der Waals surface area (Å²) in [6.07, 6.45) is 2.22. The van der Waals surface area contributed by atoms with Crippen LogP contribution in [0.1, 0.15) is 26.7 Å². The van der Waals surface area contributed by atoms with E-state index < -0.39 is 0 Å². The molecule has 1 N–H and O–H groups in total. The molecule has 0 saturated heterocycles. The Bertz CT molecular complexity index is 1180. The molecule has 0 spiro atoms. The average molecular weight is 578 g/mol. The first kappa shape index (κ1) is 29.1. The van der Waals surface area contributed by atoms with Crippen LogP contribution in [0.2, 0.25) is 10.0 Å². The van der Waals surface area contributed by atoms with Crippen LogP contribution in [0.3, 0.4) is 0 Å². The minimum Gasteiger partial charge on any atom is -0.368 e. The molecule has 0 amide bonds. The lowest BCUT2D eigenvalue weighted by molar-refractivity contribution is 0.298. The Labute approximate surface area is 231 Å². The number of aromatic nitrogens is 2. The van der Waals surface area contributed by atoms with E-state index in [0.29, 0.717) is 10.0 Å². The minimum atomic E-state index is 0. The monoisotopic (exact) mass is 576 g/mol. The van der Waals surface area contributed by atoms with E-state index in [1.807, 2.05) is 0 Å². The number of nitrogens with one attached hydrogen (secondary N) is 1. The van der Waals surface area contributed by atoms with Crippen molar-refractivity contribution in [2.45, 2.75) is 26.7 Å². The molecule has 0 atom stereocenters. The third-order valence-corrected chi connectivity index (χ3v) is 8.28. The van der Waals surface area contributed by atoms with Crippen molar-refractivity contribution in [2.75, 3.05) is 31.5 Å². The van der Waals surface area contributed by atoms with E-state index in [-0.39, 0.29) is 24.8 Å². The zero-order chi connectivity index (χ0) is 22.5. The molecule has 1 aromatic carbocycles. The molecule has 0 saturated carbocycles. The molecule has 3 aromatic heterocycles.